The first-order valence-corrected chi connectivity index (χ1v) is 6.74. The van der Waals surface area contributed by atoms with Crippen molar-refractivity contribution in [1.29, 1.82) is 0 Å². The van der Waals surface area contributed by atoms with Crippen LogP contribution >= 0.6 is 0 Å². The summed E-state index contributed by atoms with van der Waals surface area (Å²) in [5.74, 6) is -0.0836. The van der Waals surface area contributed by atoms with Crippen LogP contribution in [0.25, 0.3) is 0 Å². The predicted octanol–water partition coefficient (Wildman–Crippen LogP) is 0.719. The highest BCUT2D eigenvalue weighted by Crippen LogP contribution is 2.18. The van der Waals surface area contributed by atoms with Gasteiger partial charge >= 0.3 is 0 Å². The summed E-state index contributed by atoms with van der Waals surface area (Å²) in [6.07, 6.45) is 1.05. The highest BCUT2D eigenvalue weighted by molar-refractivity contribution is 5.92. The third kappa shape index (κ3) is 2.87. The molecule has 0 radical (unpaired) electrons. The number of fused-ring (bicyclic) bond motifs is 1. The van der Waals surface area contributed by atoms with Crippen LogP contribution in [0.5, 0.6) is 0 Å². The van der Waals surface area contributed by atoms with E-state index in [1.807, 2.05) is 0 Å². The molecule has 116 valence electrons. The lowest BCUT2D eigenvalue weighted by Crippen LogP contribution is -2.36. The minimum absolute atomic E-state index is 0.153. The Balaban J connectivity index is 1.73. The van der Waals surface area contributed by atoms with E-state index in [0.29, 0.717) is 19.5 Å². The molecule has 9 heteroatoms. The monoisotopic (exact) mass is 308 g/mol. The third-order valence-electron chi connectivity index (χ3n) is 3.42. The highest BCUT2D eigenvalue weighted by Gasteiger charge is 2.24. The number of amides is 1. The first-order chi connectivity index (χ1) is 10.5. The summed E-state index contributed by atoms with van der Waals surface area (Å²) in [5.41, 5.74) is 7.35. The van der Waals surface area contributed by atoms with E-state index in [1.165, 1.54) is 12.3 Å². The molecule has 1 amide bonds. The number of anilines is 1. The highest BCUT2D eigenvalue weighted by atomic mass is 19.3. The molecule has 0 aliphatic carbocycles. The van der Waals surface area contributed by atoms with Gasteiger partial charge in [0, 0.05) is 37.5 Å². The van der Waals surface area contributed by atoms with Gasteiger partial charge in [0.05, 0.1) is 5.69 Å². The summed E-state index contributed by atoms with van der Waals surface area (Å²) in [6.45, 7) is 0.309. The second kappa shape index (κ2) is 5.66. The molecule has 3 rings (SSSR count). The maximum Gasteiger partial charge on any atom is 0.274 e. The lowest BCUT2D eigenvalue weighted by atomic mass is 10.1. The van der Waals surface area contributed by atoms with Crippen molar-refractivity contribution in [2.45, 2.75) is 25.9 Å². The lowest BCUT2D eigenvalue weighted by molar-refractivity contribution is 0.0723. The van der Waals surface area contributed by atoms with Gasteiger partial charge in [-0.3, -0.25) is 9.48 Å². The number of nitrogen functional groups attached to an aromatic ring is 1. The summed E-state index contributed by atoms with van der Waals surface area (Å²) in [5, 5.41) is 3.89. The normalized spacial score (nSPS) is 14.2. The molecule has 0 bridgehead atoms. The maximum atomic E-state index is 12.4. The van der Waals surface area contributed by atoms with E-state index in [9.17, 15) is 13.6 Å². The number of carbonyl (C=O) groups excluding carboxylic acids is 1. The fraction of sp³-hybridized carbons (Fsp3) is 0.385. The molecule has 0 fully saturated rings. The van der Waals surface area contributed by atoms with Crippen molar-refractivity contribution in [3.63, 3.8) is 0 Å². The fourth-order valence-corrected chi connectivity index (χ4v) is 2.39. The largest absolute Gasteiger partial charge is 0.368 e. The van der Waals surface area contributed by atoms with Gasteiger partial charge in [-0.15, -0.1) is 0 Å². The molecule has 3 heterocycles. The average Bonchev–Trinajstić information content (AvgIpc) is 2.93. The van der Waals surface area contributed by atoms with E-state index in [2.05, 4.69) is 15.1 Å². The summed E-state index contributed by atoms with van der Waals surface area (Å²) in [6, 6.07) is 1.44. The molecule has 22 heavy (non-hydrogen) atoms. The van der Waals surface area contributed by atoms with Crippen molar-refractivity contribution in [3.05, 3.63) is 35.4 Å². The number of nitrogens with two attached hydrogens (primary N) is 1. The van der Waals surface area contributed by atoms with Crippen molar-refractivity contribution in [1.82, 2.24) is 24.6 Å². The Kier molecular flexibility index (Phi) is 3.70. The Labute approximate surface area is 124 Å². The molecule has 1 aliphatic heterocycles. The quantitative estimate of drug-likeness (QED) is 0.902. The Hall–Kier alpha value is -2.58. The zero-order valence-electron chi connectivity index (χ0n) is 11.6. The molecule has 0 atom stereocenters. The van der Waals surface area contributed by atoms with Crippen molar-refractivity contribution in [2.24, 2.45) is 0 Å². The number of rotatable bonds is 3. The van der Waals surface area contributed by atoms with Gasteiger partial charge in [0.25, 0.3) is 12.3 Å². The lowest BCUT2D eigenvalue weighted by Gasteiger charge is -2.27. The summed E-state index contributed by atoms with van der Waals surface area (Å²) in [7, 11) is 0. The number of hydrogen-bond acceptors (Lipinski definition) is 5. The summed E-state index contributed by atoms with van der Waals surface area (Å²) >= 11 is 0. The second-order valence-corrected chi connectivity index (χ2v) is 4.99. The van der Waals surface area contributed by atoms with E-state index in [-0.39, 0.29) is 17.5 Å². The van der Waals surface area contributed by atoms with Crippen molar-refractivity contribution < 1.29 is 13.6 Å². The SMILES string of the molecule is Nc1ncc2c(n1)CCN(C(=O)c1ccn(CC(F)F)n1)C2. The van der Waals surface area contributed by atoms with Crippen LogP contribution < -0.4 is 5.73 Å². The van der Waals surface area contributed by atoms with Gasteiger partial charge in [-0.05, 0) is 6.07 Å². The van der Waals surface area contributed by atoms with Crippen LogP contribution in [0.4, 0.5) is 14.7 Å². The van der Waals surface area contributed by atoms with Crippen LogP contribution in [-0.2, 0) is 19.5 Å². The Morgan fingerprint density at radius 3 is 3.05 bits per heavy atom. The van der Waals surface area contributed by atoms with Crippen LogP contribution in [0.2, 0.25) is 0 Å². The molecular formula is C13H14F2N6O. The minimum Gasteiger partial charge on any atom is -0.368 e. The first kappa shape index (κ1) is 14.4. The second-order valence-electron chi connectivity index (χ2n) is 4.99. The Morgan fingerprint density at radius 1 is 1.45 bits per heavy atom. The molecule has 0 unspecified atom stereocenters. The molecule has 0 saturated carbocycles. The number of hydrogen-bond donors (Lipinski definition) is 1. The van der Waals surface area contributed by atoms with Crippen LogP contribution in [0.15, 0.2) is 18.5 Å². The summed E-state index contributed by atoms with van der Waals surface area (Å²) < 4.78 is 25.7. The third-order valence-corrected chi connectivity index (χ3v) is 3.42. The van der Waals surface area contributed by atoms with Crippen LogP contribution in [0.1, 0.15) is 21.7 Å². The number of alkyl halides is 2. The first-order valence-electron chi connectivity index (χ1n) is 6.74. The van der Waals surface area contributed by atoms with Crippen LogP contribution in [0.3, 0.4) is 0 Å². The van der Waals surface area contributed by atoms with E-state index in [0.717, 1.165) is 15.9 Å². The molecule has 2 N–H and O–H groups in total. The smallest absolute Gasteiger partial charge is 0.274 e. The van der Waals surface area contributed by atoms with Gasteiger partial charge in [0.15, 0.2) is 0 Å². The van der Waals surface area contributed by atoms with Gasteiger partial charge in [-0.1, -0.05) is 0 Å². The van der Waals surface area contributed by atoms with Gasteiger partial charge < -0.3 is 10.6 Å². The number of halogens is 2. The summed E-state index contributed by atoms with van der Waals surface area (Å²) in [4.78, 5) is 22.0. The average molecular weight is 308 g/mol. The van der Waals surface area contributed by atoms with Gasteiger partial charge in [0.1, 0.15) is 12.2 Å². The van der Waals surface area contributed by atoms with Crippen LogP contribution in [0, 0.1) is 0 Å². The Morgan fingerprint density at radius 2 is 2.27 bits per heavy atom. The Bertz CT molecular complexity index is 702. The molecule has 7 nitrogen and oxygen atoms in total. The van der Waals surface area contributed by atoms with Crippen molar-refractivity contribution in [3.8, 4) is 0 Å². The van der Waals surface area contributed by atoms with Crippen molar-refractivity contribution in [2.75, 3.05) is 12.3 Å². The molecule has 0 aromatic carbocycles. The molecule has 2 aromatic rings. The van der Waals surface area contributed by atoms with E-state index < -0.39 is 13.0 Å². The topological polar surface area (TPSA) is 89.9 Å². The molecule has 0 spiro atoms. The zero-order valence-corrected chi connectivity index (χ0v) is 11.6. The van der Waals surface area contributed by atoms with Gasteiger partial charge in [0.2, 0.25) is 5.95 Å². The standard InChI is InChI=1S/C13H14F2N6O/c14-11(15)7-21-4-2-10(19-21)12(22)20-3-1-9-8(6-20)5-17-13(16)18-9/h2,4-5,11H,1,3,6-7H2,(H2,16,17,18). The molecular weight excluding hydrogens is 294 g/mol. The minimum atomic E-state index is -2.51. The predicted molar refractivity (Wildman–Crippen MR) is 73.1 cm³/mol. The molecule has 1 aliphatic rings. The van der Waals surface area contributed by atoms with Gasteiger partial charge in [-0.25, -0.2) is 18.7 Å². The van der Waals surface area contributed by atoms with Gasteiger partial charge in [-0.2, -0.15) is 5.10 Å². The number of aromatic nitrogens is 4. The van der Waals surface area contributed by atoms with E-state index >= 15 is 0 Å². The zero-order chi connectivity index (χ0) is 15.7. The van der Waals surface area contributed by atoms with Crippen LogP contribution in [-0.4, -0.2) is 43.5 Å². The molecule has 2 aromatic heterocycles. The fourth-order valence-electron chi connectivity index (χ4n) is 2.39. The van der Waals surface area contributed by atoms with E-state index in [1.54, 1.807) is 11.1 Å². The maximum absolute atomic E-state index is 12.4. The van der Waals surface area contributed by atoms with Crippen molar-refractivity contribution >= 4 is 11.9 Å². The van der Waals surface area contributed by atoms with E-state index in [4.69, 9.17) is 5.73 Å². The molecule has 0 saturated heterocycles. The number of nitrogens with zero attached hydrogens (tertiary/aromatic N) is 5. The number of carbonyl (C=O) groups is 1.